The van der Waals surface area contributed by atoms with Crippen molar-refractivity contribution in [1.29, 1.82) is 0 Å². The highest BCUT2D eigenvalue weighted by atomic mass is 32.1. The summed E-state index contributed by atoms with van der Waals surface area (Å²) in [5.74, 6) is -1.41. The topological polar surface area (TPSA) is 92.3 Å². The molecular weight excluding hydrogens is 376 g/mol. The van der Waals surface area contributed by atoms with Crippen molar-refractivity contribution < 1.29 is 14.4 Å². The average Bonchev–Trinajstić information content (AvgIpc) is 3.22. The van der Waals surface area contributed by atoms with Crippen molar-refractivity contribution in [3.8, 4) is 0 Å². The molecule has 1 atom stereocenters. The number of fused-ring (bicyclic) bond motifs is 1. The number of benzene rings is 2. The fourth-order valence-electron chi connectivity index (χ4n) is 3.17. The van der Waals surface area contributed by atoms with Crippen LogP contribution < -0.4 is 5.32 Å². The van der Waals surface area contributed by atoms with Gasteiger partial charge in [0.25, 0.3) is 11.8 Å². The molecule has 7 nitrogen and oxygen atoms in total. The standard InChI is InChI=1S/C20H16N4O3S/c1-12-22-23-20(28-12)21-17(25)16(11-13-7-3-2-4-8-13)24-18(26)14-9-5-6-10-15(14)19(24)27/h2-10,16H,11H2,1H3,(H,21,23,25)/t16-/m1/s1. The van der Waals surface area contributed by atoms with Crippen LogP contribution in [0.4, 0.5) is 5.13 Å². The first-order chi connectivity index (χ1) is 13.5. The average molecular weight is 392 g/mol. The smallest absolute Gasteiger partial charge is 0.262 e. The van der Waals surface area contributed by atoms with E-state index >= 15 is 0 Å². The van der Waals surface area contributed by atoms with Gasteiger partial charge in [-0.25, -0.2) is 0 Å². The van der Waals surface area contributed by atoms with Crippen LogP contribution in [0.25, 0.3) is 0 Å². The number of aryl methyl sites for hydroxylation is 1. The molecule has 0 saturated heterocycles. The fourth-order valence-corrected chi connectivity index (χ4v) is 3.76. The first-order valence-corrected chi connectivity index (χ1v) is 9.48. The number of carbonyl (C=O) groups excluding carboxylic acids is 3. The molecule has 0 bridgehead atoms. The molecule has 1 aliphatic rings. The van der Waals surface area contributed by atoms with Crippen molar-refractivity contribution in [3.05, 3.63) is 76.3 Å². The summed E-state index contributed by atoms with van der Waals surface area (Å²) >= 11 is 1.23. The molecule has 0 saturated carbocycles. The Morgan fingerprint density at radius 2 is 1.61 bits per heavy atom. The van der Waals surface area contributed by atoms with Crippen LogP contribution in [0, 0.1) is 6.92 Å². The minimum atomic E-state index is -1.00. The van der Waals surface area contributed by atoms with Crippen LogP contribution in [0.15, 0.2) is 54.6 Å². The van der Waals surface area contributed by atoms with E-state index in [2.05, 4.69) is 15.5 Å². The number of rotatable bonds is 5. The third kappa shape index (κ3) is 3.29. The third-order valence-corrected chi connectivity index (χ3v) is 5.22. The van der Waals surface area contributed by atoms with Crippen LogP contribution in [-0.4, -0.2) is 38.9 Å². The Bertz CT molecular complexity index is 1030. The Hall–Kier alpha value is -3.39. The van der Waals surface area contributed by atoms with E-state index in [1.54, 1.807) is 31.2 Å². The van der Waals surface area contributed by atoms with E-state index in [9.17, 15) is 14.4 Å². The molecule has 1 N–H and O–H groups in total. The molecule has 2 aromatic carbocycles. The molecule has 1 aromatic heterocycles. The second-order valence-electron chi connectivity index (χ2n) is 6.35. The molecule has 3 amide bonds. The maximum atomic E-state index is 13.0. The van der Waals surface area contributed by atoms with E-state index in [-0.39, 0.29) is 6.42 Å². The maximum absolute atomic E-state index is 13.0. The van der Waals surface area contributed by atoms with Crippen LogP contribution in [-0.2, 0) is 11.2 Å². The normalized spacial score (nSPS) is 14.1. The Morgan fingerprint density at radius 3 is 2.18 bits per heavy atom. The van der Waals surface area contributed by atoms with Crippen LogP contribution in [0.3, 0.4) is 0 Å². The number of nitrogens with zero attached hydrogens (tertiary/aromatic N) is 3. The third-order valence-electron chi connectivity index (χ3n) is 4.47. The Kier molecular flexibility index (Phi) is 4.70. The molecule has 0 unspecified atom stereocenters. The molecule has 28 heavy (non-hydrogen) atoms. The van der Waals surface area contributed by atoms with Crippen molar-refractivity contribution >= 4 is 34.2 Å². The molecule has 0 fully saturated rings. The number of anilines is 1. The molecule has 2 heterocycles. The molecule has 3 aromatic rings. The van der Waals surface area contributed by atoms with Crippen molar-refractivity contribution in [2.45, 2.75) is 19.4 Å². The summed E-state index contributed by atoms with van der Waals surface area (Å²) in [4.78, 5) is 39.9. The van der Waals surface area contributed by atoms with Gasteiger partial charge in [0.15, 0.2) is 0 Å². The summed E-state index contributed by atoms with van der Waals surface area (Å²) in [6, 6.07) is 14.9. The monoisotopic (exact) mass is 392 g/mol. The molecular formula is C20H16N4O3S. The fraction of sp³-hybridized carbons (Fsp3) is 0.150. The van der Waals surface area contributed by atoms with Crippen LogP contribution in [0.2, 0.25) is 0 Å². The van der Waals surface area contributed by atoms with Gasteiger partial charge in [-0.15, -0.1) is 10.2 Å². The van der Waals surface area contributed by atoms with Crippen LogP contribution in [0.5, 0.6) is 0 Å². The van der Waals surface area contributed by atoms with Gasteiger partial charge in [-0.1, -0.05) is 53.8 Å². The van der Waals surface area contributed by atoms with Crippen molar-refractivity contribution in [2.24, 2.45) is 0 Å². The number of hydrogen-bond donors (Lipinski definition) is 1. The number of nitrogens with one attached hydrogen (secondary N) is 1. The van der Waals surface area contributed by atoms with Gasteiger partial charge < -0.3 is 0 Å². The molecule has 0 radical (unpaired) electrons. The molecule has 140 valence electrons. The van der Waals surface area contributed by atoms with Gasteiger partial charge in [0.05, 0.1) is 11.1 Å². The summed E-state index contributed by atoms with van der Waals surface area (Å²) in [5, 5.41) is 11.5. The Balaban J connectivity index is 1.68. The van der Waals surface area contributed by atoms with E-state index < -0.39 is 23.8 Å². The summed E-state index contributed by atoms with van der Waals surface area (Å²) in [6.45, 7) is 1.78. The highest BCUT2D eigenvalue weighted by molar-refractivity contribution is 7.15. The SMILES string of the molecule is Cc1nnc(NC(=O)[C@@H](Cc2ccccc2)N2C(=O)c3ccccc3C2=O)s1. The summed E-state index contributed by atoms with van der Waals surface area (Å²) in [7, 11) is 0. The van der Waals surface area contributed by atoms with E-state index in [4.69, 9.17) is 0 Å². The predicted molar refractivity (Wildman–Crippen MR) is 104 cm³/mol. The zero-order valence-corrected chi connectivity index (χ0v) is 15.8. The Morgan fingerprint density at radius 1 is 1.00 bits per heavy atom. The lowest BCUT2D eigenvalue weighted by molar-refractivity contribution is -0.119. The Labute approximate surface area is 165 Å². The van der Waals surface area contributed by atoms with E-state index in [0.29, 0.717) is 21.3 Å². The molecule has 4 rings (SSSR count). The number of imide groups is 1. The number of carbonyl (C=O) groups is 3. The number of aromatic nitrogens is 2. The van der Waals surface area contributed by atoms with E-state index in [0.717, 1.165) is 10.5 Å². The van der Waals surface area contributed by atoms with Gasteiger partial charge in [0.1, 0.15) is 11.0 Å². The minimum Gasteiger partial charge on any atom is -0.299 e. The quantitative estimate of drug-likeness (QED) is 0.674. The summed E-state index contributed by atoms with van der Waals surface area (Å²) < 4.78 is 0. The first kappa shape index (κ1) is 18.0. The van der Waals surface area contributed by atoms with Gasteiger partial charge in [0.2, 0.25) is 11.0 Å². The van der Waals surface area contributed by atoms with Crippen molar-refractivity contribution in [1.82, 2.24) is 15.1 Å². The zero-order valence-electron chi connectivity index (χ0n) is 15.0. The number of hydrogen-bond acceptors (Lipinski definition) is 6. The van der Waals surface area contributed by atoms with E-state index in [1.165, 1.54) is 11.3 Å². The van der Waals surface area contributed by atoms with Crippen molar-refractivity contribution in [3.63, 3.8) is 0 Å². The highest BCUT2D eigenvalue weighted by Gasteiger charge is 2.42. The zero-order chi connectivity index (χ0) is 19.7. The highest BCUT2D eigenvalue weighted by Crippen LogP contribution is 2.27. The lowest BCUT2D eigenvalue weighted by Gasteiger charge is -2.25. The van der Waals surface area contributed by atoms with Gasteiger partial charge in [-0.05, 0) is 24.6 Å². The van der Waals surface area contributed by atoms with Gasteiger partial charge in [-0.3, -0.25) is 24.6 Å². The van der Waals surface area contributed by atoms with Crippen molar-refractivity contribution in [2.75, 3.05) is 5.32 Å². The summed E-state index contributed by atoms with van der Waals surface area (Å²) in [6.07, 6.45) is 0.204. The van der Waals surface area contributed by atoms with E-state index in [1.807, 2.05) is 30.3 Å². The minimum absolute atomic E-state index is 0.204. The lowest BCUT2D eigenvalue weighted by atomic mass is 10.0. The lowest BCUT2D eigenvalue weighted by Crippen LogP contribution is -2.48. The van der Waals surface area contributed by atoms with Gasteiger partial charge >= 0.3 is 0 Å². The summed E-state index contributed by atoms with van der Waals surface area (Å²) in [5.41, 5.74) is 1.46. The van der Waals surface area contributed by atoms with Gasteiger partial charge in [-0.2, -0.15) is 0 Å². The maximum Gasteiger partial charge on any atom is 0.262 e. The van der Waals surface area contributed by atoms with Crippen LogP contribution in [0.1, 0.15) is 31.3 Å². The second kappa shape index (κ2) is 7.32. The number of amides is 3. The molecule has 0 aliphatic carbocycles. The molecule has 1 aliphatic heterocycles. The largest absolute Gasteiger partial charge is 0.299 e. The second-order valence-corrected chi connectivity index (χ2v) is 7.53. The predicted octanol–water partition coefficient (Wildman–Crippen LogP) is 2.69. The molecule has 8 heteroatoms. The van der Waals surface area contributed by atoms with Gasteiger partial charge in [0, 0.05) is 6.42 Å². The van der Waals surface area contributed by atoms with Crippen LogP contribution >= 0.6 is 11.3 Å². The first-order valence-electron chi connectivity index (χ1n) is 8.66. The molecule has 0 spiro atoms.